The van der Waals surface area contributed by atoms with Crippen LogP contribution < -0.4 is 15.5 Å². The van der Waals surface area contributed by atoms with Gasteiger partial charge in [-0.1, -0.05) is 32.0 Å². The lowest BCUT2D eigenvalue weighted by Gasteiger charge is -2.23. The van der Waals surface area contributed by atoms with Crippen LogP contribution in [-0.2, 0) is 9.59 Å². The minimum atomic E-state index is -0.411. The summed E-state index contributed by atoms with van der Waals surface area (Å²) in [4.78, 5) is 38.7. The molecule has 1 aliphatic rings. The minimum absolute atomic E-state index is 0.0316. The number of amides is 3. The molecule has 1 saturated heterocycles. The van der Waals surface area contributed by atoms with E-state index >= 15 is 0 Å². The van der Waals surface area contributed by atoms with E-state index in [0.717, 1.165) is 17.7 Å². The molecule has 1 fully saturated rings. The molecule has 3 rings (SSSR count). The van der Waals surface area contributed by atoms with Crippen LogP contribution in [0, 0.1) is 5.92 Å². The van der Waals surface area contributed by atoms with Gasteiger partial charge < -0.3 is 15.5 Å². The van der Waals surface area contributed by atoms with Gasteiger partial charge in [-0.15, -0.1) is 0 Å². The Labute approximate surface area is 171 Å². The maximum atomic E-state index is 12.7. The van der Waals surface area contributed by atoms with Gasteiger partial charge >= 0.3 is 0 Å². The molecule has 6 nitrogen and oxygen atoms in total. The summed E-state index contributed by atoms with van der Waals surface area (Å²) in [6, 6.07) is 14.6. The first-order valence-electron chi connectivity index (χ1n) is 9.96. The SMILES string of the molecule is CC[C@H](C)c1ccccc1N1C[C@H](C(=O)Nc2ccc(C(=O)NC)cc2)CC1=O. The van der Waals surface area contributed by atoms with Crippen molar-refractivity contribution < 1.29 is 14.4 Å². The van der Waals surface area contributed by atoms with Crippen LogP contribution in [0.2, 0.25) is 0 Å². The fraction of sp³-hybridized carbons (Fsp3) is 0.348. The molecule has 2 atom stereocenters. The number of anilines is 2. The van der Waals surface area contributed by atoms with Gasteiger partial charge in [0.2, 0.25) is 11.8 Å². The molecule has 6 heteroatoms. The van der Waals surface area contributed by atoms with Gasteiger partial charge in [0.15, 0.2) is 0 Å². The van der Waals surface area contributed by atoms with Crippen LogP contribution in [0.15, 0.2) is 48.5 Å². The minimum Gasteiger partial charge on any atom is -0.355 e. The Balaban J connectivity index is 1.70. The molecule has 0 radical (unpaired) electrons. The molecule has 0 aliphatic carbocycles. The van der Waals surface area contributed by atoms with Crippen molar-refractivity contribution in [2.24, 2.45) is 5.92 Å². The Morgan fingerprint density at radius 2 is 1.83 bits per heavy atom. The average molecular weight is 393 g/mol. The van der Waals surface area contributed by atoms with Gasteiger partial charge in [-0.05, 0) is 48.2 Å². The van der Waals surface area contributed by atoms with E-state index < -0.39 is 5.92 Å². The van der Waals surface area contributed by atoms with Crippen LogP contribution in [0.4, 0.5) is 11.4 Å². The van der Waals surface area contributed by atoms with Crippen molar-refractivity contribution in [2.45, 2.75) is 32.6 Å². The highest BCUT2D eigenvalue weighted by atomic mass is 16.2. The number of nitrogens with one attached hydrogen (secondary N) is 2. The molecule has 1 heterocycles. The maximum Gasteiger partial charge on any atom is 0.251 e. The zero-order valence-corrected chi connectivity index (χ0v) is 17.1. The number of nitrogens with zero attached hydrogens (tertiary/aromatic N) is 1. The third-order valence-electron chi connectivity index (χ3n) is 5.51. The maximum absolute atomic E-state index is 12.7. The van der Waals surface area contributed by atoms with E-state index in [1.807, 2.05) is 18.2 Å². The second kappa shape index (κ2) is 8.90. The van der Waals surface area contributed by atoms with E-state index in [1.165, 1.54) is 0 Å². The molecule has 2 aromatic rings. The average Bonchev–Trinajstić information content (AvgIpc) is 3.14. The standard InChI is InChI=1S/C23H27N3O3/c1-4-15(2)19-7-5-6-8-20(19)26-14-17(13-21(26)27)23(29)25-18-11-9-16(10-12-18)22(28)24-3/h5-12,15,17H,4,13-14H2,1-3H3,(H,24,28)(H,25,29)/t15-,17+/m0/s1. The number of carbonyl (C=O) groups is 3. The fourth-order valence-electron chi connectivity index (χ4n) is 3.58. The molecule has 0 saturated carbocycles. The van der Waals surface area contributed by atoms with E-state index in [-0.39, 0.29) is 24.1 Å². The molecular weight excluding hydrogens is 366 g/mol. The predicted octanol–water partition coefficient (Wildman–Crippen LogP) is 3.55. The number of para-hydroxylation sites is 1. The number of benzene rings is 2. The van der Waals surface area contributed by atoms with Crippen LogP contribution in [-0.4, -0.2) is 31.3 Å². The molecular formula is C23H27N3O3. The topological polar surface area (TPSA) is 78.5 Å². The lowest BCUT2D eigenvalue weighted by molar-refractivity contribution is -0.122. The number of hydrogen-bond acceptors (Lipinski definition) is 3. The van der Waals surface area contributed by atoms with Gasteiger partial charge in [-0.25, -0.2) is 0 Å². The van der Waals surface area contributed by atoms with Crippen LogP contribution in [0.5, 0.6) is 0 Å². The van der Waals surface area contributed by atoms with Crippen LogP contribution in [0.25, 0.3) is 0 Å². The van der Waals surface area contributed by atoms with Crippen molar-refractivity contribution in [3.63, 3.8) is 0 Å². The second-order valence-corrected chi connectivity index (χ2v) is 7.42. The Bertz CT molecular complexity index is 908. The Hall–Kier alpha value is -3.15. The van der Waals surface area contributed by atoms with Crippen molar-refractivity contribution >= 4 is 29.1 Å². The van der Waals surface area contributed by atoms with E-state index in [0.29, 0.717) is 23.7 Å². The molecule has 0 unspecified atom stereocenters. The smallest absolute Gasteiger partial charge is 0.251 e. The summed E-state index contributed by atoms with van der Waals surface area (Å²) in [6.45, 7) is 4.64. The third kappa shape index (κ3) is 4.47. The Morgan fingerprint density at radius 3 is 2.48 bits per heavy atom. The first-order valence-corrected chi connectivity index (χ1v) is 9.96. The second-order valence-electron chi connectivity index (χ2n) is 7.42. The summed E-state index contributed by atoms with van der Waals surface area (Å²) in [5.74, 6) is -0.470. The molecule has 29 heavy (non-hydrogen) atoms. The zero-order valence-electron chi connectivity index (χ0n) is 17.1. The predicted molar refractivity (Wildman–Crippen MR) is 114 cm³/mol. The highest BCUT2D eigenvalue weighted by molar-refractivity contribution is 6.04. The molecule has 2 aromatic carbocycles. The van der Waals surface area contributed by atoms with Gasteiger partial charge in [-0.2, -0.15) is 0 Å². The van der Waals surface area contributed by atoms with Gasteiger partial charge in [0, 0.05) is 37.0 Å². The lowest BCUT2D eigenvalue weighted by atomic mass is 9.96. The van der Waals surface area contributed by atoms with Crippen molar-refractivity contribution in [1.82, 2.24) is 5.32 Å². The van der Waals surface area contributed by atoms with Gasteiger partial charge in [0.1, 0.15) is 0 Å². The van der Waals surface area contributed by atoms with Crippen LogP contribution in [0.1, 0.15) is 48.5 Å². The normalized spacial score (nSPS) is 17.1. The van der Waals surface area contributed by atoms with Crippen molar-refractivity contribution in [1.29, 1.82) is 0 Å². The highest BCUT2D eigenvalue weighted by Crippen LogP contribution is 2.33. The van der Waals surface area contributed by atoms with Crippen molar-refractivity contribution in [3.05, 3.63) is 59.7 Å². The van der Waals surface area contributed by atoms with Gasteiger partial charge in [0.05, 0.1) is 5.92 Å². The van der Waals surface area contributed by atoms with E-state index in [2.05, 4.69) is 30.5 Å². The lowest BCUT2D eigenvalue weighted by Crippen LogP contribution is -2.29. The van der Waals surface area contributed by atoms with Gasteiger partial charge in [0.25, 0.3) is 5.91 Å². The third-order valence-corrected chi connectivity index (χ3v) is 5.51. The Kier molecular flexibility index (Phi) is 6.32. The molecule has 152 valence electrons. The summed E-state index contributed by atoms with van der Waals surface area (Å²) in [5.41, 5.74) is 3.16. The zero-order chi connectivity index (χ0) is 21.0. The van der Waals surface area contributed by atoms with Crippen LogP contribution in [0.3, 0.4) is 0 Å². The Morgan fingerprint density at radius 1 is 1.14 bits per heavy atom. The number of hydrogen-bond donors (Lipinski definition) is 2. The quantitative estimate of drug-likeness (QED) is 0.788. The molecule has 0 bridgehead atoms. The van der Waals surface area contributed by atoms with Crippen LogP contribution >= 0.6 is 0 Å². The summed E-state index contributed by atoms with van der Waals surface area (Å²) in [5, 5.41) is 5.42. The first-order chi connectivity index (χ1) is 13.9. The summed E-state index contributed by atoms with van der Waals surface area (Å²) in [7, 11) is 1.57. The highest BCUT2D eigenvalue weighted by Gasteiger charge is 2.36. The summed E-state index contributed by atoms with van der Waals surface area (Å²) in [6.07, 6.45) is 1.17. The monoisotopic (exact) mass is 393 g/mol. The molecule has 0 aromatic heterocycles. The summed E-state index contributed by atoms with van der Waals surface area (Å²) >= 11 is 0. The van der Waals surface area contributed by atoms with Gasteiger partial charge in [-0.3, -0.25) is 14.4 Å². The molecule has 0 spiro atoms. The number of carbonyl (C=O) groups excluding carboxylic acids is 3. The van der Waals surface area contributed by atoms with Crippen molar-refractivity contribution in [3.8, 4) is 0 Å². The van der Waals surface area contributed by atoms with E-state index in [4.69, 9.17) is 0 Å². The molecule has 2 N–H and O–H groups in total. The summed E-state index contributed by atoms with van der Waals surface area (Å²) < 4.78 is 0. The first kappa shape index (κ1) is 20.6. The van der Waals surface area contributed by atoms with Crippen molar-refractivity contribution in [2.75, 3.05) is 23.8 Å². The van der Waals surface area contributed by atoms with E-state index in [9.17, 15) is 14.4 Å². The molecule has 3 amide bonds. The molecule has 1 aliphatic heterocycles. The fourth-order valence-corrected chi connectivity index (χ4v) is 3.58. The largest absolute Gasteiger partial charge is 0.355 e. The van der Waals surface area contributed by atoms with E-state index in [1.54, 1.807) is 36.2 Å². The number of rotatable bonds is 6.